The Morgan fingerprint density at radius 3 is 2.65 bits per heavy atom. The highest BCUT2D eigenvalue weighted by atomic mass is 35.5. The van der Waals surface area contributed by atoms with Crippen LogP contribution in [-0.4, -0.2) is 14.8 Å². The van der Waals surface area contributed by atoms with Gasteiger partial charge in [0.25, 0.3) is 0 Å². The molecule has 3 aromatic rings. The second kappa shape index (κ2) is 6.67. The van der Waals surface area contributed by atoms with Crippen LogP contribution >= 0.6 is 34.7 Å². The fourth-order valence-corrected chi connectivity index (χ4v) is 4.61. The molecule has 4 rings (SSSR count). The zero-order valence-electron chi connectivity index (χ0n) is 12.5. The maximum Gasteiger partial charge on any atom is 0.191 e. The van der Waals surface area contributed by atoms with Crippen molar-refractivity contribution in [2.24, 2.45) is 0 Å². The standard InChI is InChI=1S/C17H16ClN3S2/c18-15-9-8-14(23-15)11-22-17-20-19-16(13-6-7-13)21(17)10-12-4-2-1-3-5-12/h1-5,8-9,13H,6-7,10-11H2. The van der Waals surface area contributed by atoms with Gasteiger partial charge in [0.15, 0.2) is 5.16 Å². The lowest BCUT2D eigenvalue weighted by molar-refractivity contribution is 0.667. The molecule has 1 aliphatic carbocycles. The molecule has 6 heteroatoms. The molecule has 0 bridgehead atoms. The minimum absolute atomic E-state index is 0.594. The number of aromatic nitrogens is 3. The Kier molecular flexibility index (Phi) is 4.42. The molecule has 1 fully saturated rings. The second-order valence-electron chi connectivity index (χ2n) is 5.68. The van der Waals surface area contributed by atoms with Gasteiger partial charge in [0.1, 0.15) is 5.82 Å². The van der Waals surface area contributed by atoms with Crippen LogP contribution in [0.3, 0.4) is 0 Å². The highest BCUT2D eigenvalue weighted by Gasteiger charge is 2.30. The molecule has 2 heterocycles. The maximum absolute atomic E-state index is 6.01. The second-order valence-corrected chi connectivity index (χ2v) is 8.42. The molecule has 1 aliphatic rings. The largest absolute Gasteiger partial charge is 0.301 e. The Labute approximate surface area is 148 Å². The highest BCUT2D eigenvalue weighted by molar-refractivity contribution is 7.98. The van der Waals surface area contributed by atoms with Crippen molar-refractivity contribution in [2.45, 2.75) is 36.2 Å². The SMILES string of the molecule is Clc1ccc(CSc2nnc(C3CC3)n2Cc2ccccc2)s1. The molecule has 0 radical (unpaired) electrons. The van der Waals surface area contributed by atoms with Crippen molar-refractivity contribution in [3.8, 4) is 0 Å². The summed E-state index contributed by atoms with van der Waals surface area (Å²) in [6.07, 6.45) is 2.47. The number of benzene rings is 1. The van der Waals surface area contributed by atoms with Crippen LogP contribution in [0.5, 0.6) is 0 Å². The van der Waals surface area contributed by atoms with Crippen LogP contribution in [0.4, 0.5) is 0 Å². The van der Waals surface area contributed by atoms with E-state index in [9.17, 15) is 0 Å². The first-order valence-electron chi connectivity index (χ1n) is 7.63. The quantitative estimate of drug-likeness (QED) is 0.564. The van der Waals surface area contributed by atoms with Crippen molar-refractivity contribution in [2.75, 3.05) is 0 Å². The van der Waals surface area contributed by atoms with Crippen LogP contribution in [0.15, 0.2) is 47.6 Å². The van der Waals surface area contributed by atoms with Crippen molar-refractivity contribution in [3.05, 3.63) is 63.1 Å². The van der Waals surface area contributed by atoms with Gasteiger partial charge in [0.05, 0.1) is 10.9 Å². The molecular formula is C17H16ClN3S2. The van der Waals surface area contributed by atoms with Gasteiger partial charge in [0.2, 0.25) is 0 Å². The van der Waals surface area contributed by atoms with E-state index in [1.807, 2.05) is 12.1 Å². The van der Waals surface area contributed by atoms with Gasteiger partial charge in [-0.15, -0.1) is 21.5 Å². The number of thiophene rings is 1. The third kappa shape index (κ3) is 3.62. The smallest absolute Gasteiger partial charge is 0.191 e. The zero-order chi connectivity index (χ0) is 15.6. The summed E-state index contributed by atoms with van der Waals surface area (Å²) in [7, 11) is 0. The van der Waals surface area contributed by atoms with Crippen LogP contribution in [0.1, 0.15) is 35.0 Å². The summed E-state index contributed by atoms with van der Waals surface area (Å²) in [5, 5.41) is 9.90. The first-order chi connectivity index (χ1) is 11.3. The van der Waals surface area contributed by atoms with Crippen LogP contribution in [0, 0.1) is 0 Å². The van der Waals surface area contributed by atoms with Gasteiger partial charge in [-0.25, -0.2) is 0 Å². The molecule has 0 aliphatic heterocycles. The fraction of sp³-hybridized carbons (Fsp3) is 0.294. The summed E-state index contributed by atoms with van der Waals surface area (Å²) in [5.74, 6) is 2.62. The van der Waals surface area contributed by atoms with Crippen molar-refractivity contribution < 1.29 is 0 Å². The molecule has 0 atom stereocenters. The van der Waals surface area contributed by atoms with Crippen molar-refractivity contribution in [3.63, 3.8) is 0 Å². The summed E-state index contributed by atoms with van der Waals surface area (Å²) >= 11 is 9.38. The third-order valence-electron chi connectivity index (χ3n) is 3.84. The third-order valence-corrected chi connectivity index (χ3v) is 6.27. The number of halogens is 1. The topological polar surface area (TPSA) is 30.7 Å². The molecule has 1 aromatic carbocycles. The van der Waals surface area contributed by atoms with Gasteiger partial charge in [-0.1, -0.05) is 53.7 Å². The number of rotatable bonds is 6. The number of thioether (sulfide) groups is 1. The summed E-state index contributed by atoms with van der Waals surface area (Å²) < 4.78 is 3.12. The van der Waals surface area contributed by atoms with Crippen molar-refractivity contribution in [1.82, 2.24) is 14.8 Å². The fourth-order valence-electron chi connectivity index (χ4n) is 2.53. The summed E-state index contributed by atoms with van der Waals surface area (Å²) in [4.78, 5) is 1.27. The maximum atomic E-state index is 6.01. The highest BCUT2D eigenvalue weighted by Crippen LogP contribution is 2.40. The van der Waals surface area contributed by atoms with Gasteiger partial charge in [0, 0.05) is 16.5 Å². The van der Waals surface area contributed by atoms with Gasteiger partial charge in [-0.2, -0.15) is 0 Å². The molecule has 0 saturated heterocycles. The Balaban J connectivity index is 1.56. The van der Waals surface area contributed by atoms with E-state index < -0.39 is 0 Å². The number of hydrogen-bond donors (Lipinski definition) is 0. The molecular weight excluding hydrogens is 346 g/mol. The van der Waals surface area contributed by atoms with Crippen molar-refractivity contribution in [1.29, 1.82) is 0 Å². The lowest BCUT2D eigenvalue weighted by Gasteiger charge is -2.09. The predicted octanol–water partition coefficient (Wildman–Crippen LogP) is 5.21. The van der Waals surface area contributed by atoms with Crippen LogP contribution in [-0.2, 0) is 12.3 Å². The Hall–Kier alpha value is -1.30. The van der Waals surface area contributed by atoms with Gasteiger partial charge < -0.3 is 4.57 Å². The van der Waals surface area contributed by atoms with E-state index in [4.69, 9.17) is 11.6 Å². The molecule has 0 spiro atoms. The molecule has 0 unspecified atom stereocenters. The molecule has 3 nitrogen and oxygen atoms in total. The molecule has 2 aromatic heterocycles. The van der Waals surface area contributed by atoms with E-state index >= 15 is 0 Å². The molecule has 23 heavy (non-hydrogen) atoms. The van der Waals surface area contributed by atoms with E-state index in [0.29, 0.717) is 5.92 Å². The number of nitrogens with zero attached hydrogens (tertiary/aromatic N) is 3. The van der Waals surface area contributed by atoms with E-state index in [-0.39, 0.29) is 0 Å². The monoisotopic (exact) mass is 361 g/mol. The van der Waals surface area contributed by atoms with Crippen LogP contribution in [0.2, 0.25) is 4.34 Å². The first-order valence-corrected chi connectivity index (χ1v) is 9.81. The van der Waals surface area contributed by atoms with Crippen molar-refractivity contribution >= 4 is 34.7 Å². The molecule has 0 amide bonds. The minimum Gasteiger partial charge on any atom is -0.301 e. The average Bonchev–Trinajstić information content (AvgIpc) is 3.21. The van der Waals surface area contributed by atoms with Gasteiger partial charge in [-0.3, -0.25) is 0 Å². The number of hydrogen-bond acceptors (Lipinski definition) is 4. The molecule has 1 saturated carbocycles. The van der Waals surface area contributed by atoms with Gasteiger partial charge in [-0.05, 0) is 30.5 Å². The first kappa shape index (κ1) is 15.2. The minimum atomic E-state index is 0.594. The predicted molar refractivity (Wildman–Crippen MR) is 96.4 cm³/mol. The van der Waals surface area contributed by atoms with E-state index in [1.165, 1.54) is 23.3 Å². The molecule has 0 N–H and O–H groups in total. The van der Waals surface area contributed by atoms with E-state index in [0.717, 1.165) is 27.6 Å². The van der Waals surface area contributed by atoms with Gasteiger partial charge >= 0.3 is 0 Å². The van der Waals surface area contributed by atoms with E-state index in [2.05, 4.69) is 45.1 Å². The van der Waals surface area contributed by atoms with Crippen LogP contribution < -0.4 is 0 Å². The Morgan fingerprint density at radius 2 is 1.96 bits per heavy atom. The molecule has 118 valence electrons. The normalized spacial score (nSPS) is 14.3. The van der Waals surface area contributed by atoms with Crippen LogP contribution in [0.25, 0.3) is 0 Å². The lowest BCUT2D eigenvalue weighted by atomic mass is 10.2. The Bertz CT molecular complexity index is 793. The summed E-state index contributed by atoms with van der Waals surface area (Å²) in [5.41, 5.74) is 1.29. The zero-order valence-corrected chi connectivity index (χ0v) is 14.9. The average molecular weight is 362 g/mol. The lowest BCUT2D eigenvalue weighted by Crippen LogP contribution is -2.05. The summed E-state index contributed by atoms with van der Waals surface area (Å²) in [6, 6.07) is 14.6. The van der Waals surface area contributed by atoms with E-state index in [1.54, 1.807) is 23.1 Å². The summed E-state index contributed by atoms with van der Waals surface area (Å²) in [6.45, 7) is 0.840. The Morgan fingerprint density at radius 1 is 1.13 bits per heavy atom.